The topological polar surface area (TPSA) is 12.9 Å². The van der Waals surface area contributed by atoms with Crippen LogP contribution < -0.4 is 0 Å². The van der Waals surface area contributed by atoms with Crippen LogP contribution >= 0.6 is 50.1 Å². The van der Waals surface area contributed by atoms with Gasteiger partial charge in [-0.2, -0.15) is 0 Å². The van der Waals surface area contributed by atoms with E-state index in [4.69, 9.17) is 11.6 Å². The molecule has 0 amide bonds. The molecule has 0 radical (unpaired) electrons. The van der Waals surface area contributed by atoms with Crippen LogP contribution in [-0.2, 0) is 0 Å². The monoisotopic (exact) mass is 331 g/mol. The Morgan fingerprint density at radius 1 is 1.70 bits per heavy atom. The Balaban J connectivity index is 3.31. The van der Waals surface area contributed by atoms with E-state index in [9.17, 15) is 0 Å². The zero-order valence-corrected chi connectivity index (χ0v) is 9.66. The number of aromatic nitrogens is 1. The minimum absolute atomic E-state index is 0.532. The molecule has 1 aromatic rings. The van der Waals surface area contributed by atoms with E-state index in [-0.39, 0.29) is 0 Å². The standard InChI is InChI=1S/C6H4BrClIN/c1-3-2-4(8)10-6(7)5(3)9/h2H,1H3. The molecule has 0 aliphatic heterocycles. The van der Waals surface area contributed by atoms with Gasteiger partial charge in [-0.05, 0) is 57.1 Å². The SMILES string of the molecule is Cc1cc(Cl)nc(Br)c1I. The first-order valence-electron chi connectivity index (χ1n) is 2.59. The Kier molecular flexibility index (Phi) is 2.94. The van der Waals surface area contributed by atoms with Gasteiger partial charge in [-0.15, -0.1) is 0 Å². The molecule has 0 unspecified atom stereocenters. The van der Waals surface area contributed by atoms with Crippen molar-refractivity contribution >= 4 is 50.1 Å². The summed E-state index contributed by atoms with van der Waals surface area (Å²) in [5, 5.41) is 0.532. The number of nitrogens with zero attached hydrogens (tertiary/aromatic N) is 1. The third kappa shape index (κ3) is 1.83. The Morgan fingerprint density at radius 3 is 2.80 bits per heavy atom. The van der Waals surface area contributed by atoms with Crippen LogP contribution in [-0.4, -0.2) is 4.98 Å². The number of halogens is 3. The fourth-order valence-electron chi connectivity index (χ4n) is 0.580. The number of hydrogen-bond acceptors (Lipinski definition) is 1. The first kappa shape index (κ1) is 8.74. The second kappa shape index (κ2) is 3.36. The van der Waals surface area contributed by atoms with Crippen LogP contribution in [0.15, 0.2) is 10.7 Å². The summed E-state index contributed by atoms with van der Waals surface area (Å²) in [6.45, 7) is 2.00. The number of rotatable bonds is 0. The van der Waals surface area contributed by atoms with Crippen LogP contribution in [0.5, 0.6) is 0 Å². The van der Waals surface area contributed by atoms with E-state index in [1.165, 1.54) is 0 Å². The first-order chi connectivity index (χ1) is 4.61. The normalized spacial score (nSPS) is 10.0. The molecule has 1 nitrogen and oxygen atoms in total. The maximum atomic E-state index is 5.68. The van der Waals surface area contributed by atoms with Crippen molar-refractivity contribution < 1.29 is 0 Å². The van der Waals surface area contributed by atoms with Crippen molar-refractivity contribution in [2.75, 3.05) is 0 Å². The van der Waals surface area contributed by atoms with E-state index >= 15 is 0 Å². The Labute approximate surface area is 86.4 Å². The summed E-state index contributed by atoms with van der Waals surface area (Å²) in [6, 6.07) is 1.84. The summed E-state index contributed by atoms with van der Waals surface area (Å²) < 4.78 is 1.93. The molecule has 10 heavy (non-hydrogen) atoms. The van der Waals surface area contributed by atoms with Crippen LogP contribution in [0, 0.1) is 10.5 Å². The maximum absolute atomic E-state index is 5.68. The predicted molar refractivity (Wildman–Crippen MR) is 54.4 cm³/mol. The van der Waals surface area contributed by atoms with Gasteiger partial charge >= 0.3 is 0 Å². The van der Waals surface area contributed by atoms with E-state index in [0.717, 1.165) is 13.7 Å². The molecule has 54 valence electrons. The second-order valence-electron chi connectivity index (χ2n) is 1.87. The second-order valence-corrected chi connectivity index (χ2v) is 4.08. The number of pyridine rings is 1. The van der Waals surface area contributed by atoms with Crippen LogP contribution in [0.25, 0.3) is 0 Å². The summed E-state index contributed by atoms with van der Waals surface area (Å²) >= 11 is 11.2. The largest absolute Gasteiger partial charge is 0.228 e. The van der Waals surface area contributed by atoms with E-state index in [1.807, 2.05) is 13.0 Å². The van der Waals surface area contributed by atoms with Gasteiger partial charge in [-0.3, -0.25) is 0 Å². The Morgan fingerprint density at radius 2 is 2.30 bits per heavy atom. The Hall–Kier alpha value is 0.650. The summed E-state index contributed by atoms with van der Waals surface area (Å²) in [6.07, 6.45) is 0. The average molecular weight is 332 g/mol. The zero-order valence-electron chi connectivity index (χ0n) is 5.16. The average Bonchev–Trinajstić information content (AvgIpc) is 1.82. The number of aryl methyl sites for hydroxylation is 1. The van der Waals surface area contributed by atoms with Crippen molar-refractivity contribution in [3.8, 4) is 0 Å². The third-order valence-electron chi connectivity index (χ3n) is 1.07. The van der Waals surface area contributed by atoms with E-state index in [0.29, 0.717) is 5.15 Å². The quantitative estimate of drug-likeness (QED) is 0.524. The van der Waals surface area contributed by atoms with Gasteiger partial charge < -0.3 is 0 Å². The molecule has 0 saturated heterocycles. The first-order valence-corrected chi connectivity index (χ1v) is 4.84. The fourth-order valence-corrected chi connectivity index (χ4v) is 1.71. The molecule has 1 heterocycles. The fraction of sp³-hybridized carbons (Fsp3) is 0.167. The molecular formula is C6H4BrClIN. The summed E-state index contributed by atoms with van der Waals surface area (Å²) in [5.41, 5.74) is 1.15. The van der Waals surface area contributed by atoms with Crippen molar-refractivity contribution in [3.05, 3.63) is 25.0 Å². The van der Waals surface area contributed by atoms with E-state index in [2.05, 4.69) is 43.5 Å². The molecule has 0 aliphatic carbocycles. The van der Waals surface area contributed by atoms with Gasteiger partial charge in [-0.1, -0.05) is 11.6 Å². The van der Waals surface area contributed by atoms with Gasteiger partial charge in [0, 0.05) is 3.57 Å². The molecule has 0 spiro atoms. The van der Waals surface area contributed by atoms with Crippen molar-refractivity contribution in [2.45, 2.75) is 6.92 Å². The maximum Gasteiger partial charge on any atom is 0.130 e. The molecule has 0 N–H and O–H groups in total. The minimum atomic E-state index is 0.532. The minimum Gasteiger partial charge on any atom is -0.228 e. The highest BCUT2D eigenvalue weighted by Gasteiger charge is 2.02. The van der Waals surface area contributed by atoms with Crippen molar-refractivity contribution in [1.82, 2.24) is 4.98 Å². The van der Waals surface area contributed by atoms with Crippen molar-refractivity contribution in [3.63, 3.8) is 0 Å². The van der Waals surface area contributed by atoms with Gasteiger partial charge in [0.1, 0.15) is 9.76 Å². The molecule has 0 aromatic carbocycles. The lowest BCUT2D eigenvalue weighted by molar-refractivity contribution is 1.21. The lowest BCUT2D eigenvalue weighted by Crippen LogP contribution is -1.86. The van der Waals surface area contributed by atoms with Gasteiger partial charge in [0.15, 0.2) is 0 Å². The van der Waals surface area contributed by atoms with Crippen LogP contribution in [0.3, 0.4) is 0 Å². The molecule has 0 saturated carbocycles. The molecule has 0 aliphatic rings. The van der Waals surface area contributed by atoms with Gasteiger partial charge in [0.2, 0.25) is 0 Å². The predicted octanol–water partition coefficient (Wildman–Crippen LogP) is 3.41. The van der Waals surface area contributed by atoms with Crippen LogP contribution in [0.4, 0.5) is 0 Å². The van der Waals surface area contributed by atoms with Crippen molar-refractivity contribution in [1.29, 1.82) is 0 Å². The molecule has 1 rings (SSSR count). The third-order valence-corrected chi connectivity index (χ3v) is 3.94. The highest BCUT2D eigenvalue weighted by molar-refractivity contribution is 14.1. The number of hydrogen-bond donors (Lipinski definition) is 0. The zero-order chi connectivity index (χ0) is 7.72. The smallest absolute Gasteiger partial charge is 0.130 e. The molecular weight excluding hydrogens is 328 g/mol. The lowest BCUT2D eigenvalue weighted by Gasteiger charge is -1.99. The molecule has 0 atom stereocenters. The molecule has 4 heteroatoms. The highest BCUT2D eigenvalue weighted by atomic mass is 127. The lowest BCUT2D eigenvalue weighted by atomic mass is 10.3. The van der Waals surface area contributed by atoms with E-state index in [1.54, 1.807) is 0 Å². The highest BCUT2D eigenvalue weighted by Crippen LogP contribution is 2.22. The van der Waals surface area contributed by atoms with E-state index < -0.39 is 0 Å². The summed E-state index contributed by atoms with van der Waals surface area (Å²) in [4.78, 5) is 4.01. The Bertz CT molecular complexity index is 241. The van der Waals surface area contributed by atoms with Gasteiger partial charge in [0.25, 0.3) is 0 Å². The molecule has 1 aromatic heterocycles. The summed E-state index contributed by atoms with van der Waals surface area (Å²) in [7, 11) is 0. The summed E-state index contributed by atoms with van der Waals surface area (Å²) in [5.74, 6) is 0. The van der Waals surface area contributed by atoms with Crippen LogP contribution in [0.1, 0.15) is 5.56 Å². The van der Waals surface area contributed by atoms with Gasteiger partial charge in [0.05, 0.1) is 0 Å². The molecule has 0 bridgehead atoms. The van der Waals surface area contributed by atoms with Crippen LogP contribution in [0.2, 0.25) is 5.15 Å². The van der Waals surface area contributed by atoms with Crippen molar-refractivity contribution in [2.24, 2.45) is 0 Å². The molecule has 0 fully saturated rings. The van der Waals surface area contributed by atoms with Gasteiger partial charge in [-0.25, -0.2) is 4.98 Å².